The fourth-order valence-corrected chi connectivity index (χ4v) is 2.83. The summed E-state index contributed by atoms with van der Waals surface area (Å²) in [6.07, 6.45) is 8.94. The quantitative estimate of drug-likeness (QED) is 0.871. The molecule has 3 nitrogen and oxygen atoms in total. The van der Waals surface area contributed by atoms with E-state index in [1.54, 1.807) is 6.20 Å². The highest BCUT2D eigenvalue weighted by atomic mass is 16.5. The second-order valence-corrected chi connectivity index (χ2v) is 5.48. The number of nitrogens with zero attached hydrogens (tertiary/aromatic N) is 1. The van der Waals surface area contributed by atoms with E-state index in [-0.39, 0.29) is 6.10 Å². The number of ether oxygens (including phenoxy) is 1. The lowest BCUT2D eigenvalue weighted by atomic mass is 9.83. The normalized spacial score (nSPS) is 25.9. The summed E-state index contributed by atoms with van der Waals surface area (Å²) in [6, 6.07) is 3.97. The second-order valence-electron chi connectivity index (χ2n) is 5.48. The van der Waals surface area contributed by atoms with Gasteiger partial charge in [-0.3, -0.25) is 4.98 Å². The van der Waals surface area contributed by atoms with E-state index in [1.165, 1.54) is 25.7 Å². The van der Waals surface area contributed by atoms with Crippen molar-refractivity contribution in [1.82, 2.24) is 4.98 Å². The molecule has 0 bridgehead atoms. The number of aromatic nitrogens is 1. The van der Waals surface area contributed by atoms with E-state index in [2.05, 4.69) is 11.9 Å². The van der Waals surface area contributed by atoms with Gasteiger partial charge in [0.2, 0.25) is 0 Å². The molecule has 2 N–H and O–H groups in total. The van der Waals surface area contributed by atoms with Gasteiger partial charge >= 0.3 is 0 Å². The van der Waals surface area contributed by atoms with Crippen LogP contribution in [0, 0.1) is 11.8 Å². The Bertz CT molecular complexity index is 342. The predicted octanol–water partition coefficient (Wildman–Crippen LogP) is 2.92. The van der Waals surface area contributed by atoms with Gasteiger partial charge in [-0.2, -0.15) is 0 Å². The first-order valence-electron chi connectivity index (χ1n) is 7.01. The molecule has 0 aliphatic heterocycles. The summed E-state index contributed by atoms with van der Waals surface area (Å²) >= 11 is 0. The van der Waals surface area contributed by atoms with Gasteiger partial charge in [-0.15, -0.1) is 0 Å². The molecule has 1 aliphatic rings. The second kappa shape index (κ2) is 6.86. The molecule has 0 amide bonds. The lowest BCUT2D eigenvalue weighted by molar-refractivity contribution is 0.0194. The summed E-state index contributed by atoms with van der Waals surface area (Å²) < 4.78 is 6.00. The fourth-order valence-electron chi connectivity index (χ4n) is 2.83. The molecule has 2 rings (SSSR count). The van der Waals surface area contributed by atoms with Gasteiger partial charge in [0.1, 0.15) is 0 Å². The monoisotopic (exact) mass is 248 g/mol. The Balaban J connectivity index is 1.84. The molecule has 0 saturated heterocycles. The van der Waals surface area contributed by atoms with Gasteiger partial charge in [0.05, 0.1) is 12.7 Å². The van der Waals surface area contributed by atoms with Crippen molar-refractivity contribution >= 4 is 0 Å². The summed E-state index contributed by atoms with van der Waals surface area (Å²) in [6.45, 7) is 3.70. The number of rotatable bonds is 5. The molecule has 3 unspecified atom stereocenters. The van der Waals surface area contributed by atoms with Crippen LogP contribution in [0.15, 0.2) is 24.5 Å². The molecule has 1 aromatic rings. The van der Waals surface area contributed by atoms with Crippen LogP contribution in [-0.4, -0.2) is 18.1 Å². The van der Waals surface area contributed by atoms with Crippen molar-refractivity contribution in [3.8, 4) is 0 Å². The van der Waals surface area contributed by atoms with Gasteiger partial charge in [-0.1, -0.05) is 25.8 Å². The first-order chi connectivity index (χ1) is 8.79. The maximum atomic E-state index is 6.00. The zero-order valence-electron chi connectivity index (χ0n) is 11.2. The molecular formula is C15H24N2O. The van der Waals surface area contributed by atoms with Gasteiger partial charge in [0.25, 0.3) is 0 Å². The molecule has 3 atom stereocenters. The summed E-state index contributed by atoms with van der Waals surface area (Å²) in [7, 11) is 0. The van der Waals surface area contributed by atoms with E-state index in [1.807, 2.05) is 18.3 Å². The molecule has 0 aromatic carbocycles. The SMILES string of the molecule is CC1CCCC(COC(CN)c2cccnc2)C1. The molecule has 1 saturated carbocycles. The van der Waals surface area contributed by atoms with Crippen LogP contribution in [0.3, 0.4) is 0 Å². The van der Waals surface area contributed by atoms with Crippen LogP contribution in [-0.2, 0) is 4.74 Å². The number of hydrogen-bond acceptors (Lipinski definition) is 3. The molecule has 1 aromatic heterocycles. The fraction of sp³-hybridized carbons (Fsp3) is 0.667. The average Bonchev–Trinajstić information content (AvgIpc) is 2.41. The van der Waals surface area contributed by atoms with E-state index < -0.39 is 0 Å². The van der Waals surface area contributed by atoms with Gasteiger partial charge < -0.3 is 10.5 Å². The highest BCUT2D eigenvalue weighted by Gasteiger charge is 2.20. The van der Waals surface area contributed by atoms with Crippen molar-refractivity contribution in [2.24, 2.45) is 17.6 Å². The van der Waals surface area contributed by atoms with E-state index in [9.17, 15) is 0 Å². The van der Waals surface area contributed by atoms with Crippen molar-refractivity contribution in [2.75, 3.05) is 13.2 Å². The highest BCUT2D eigenvalue weighted by molar-refractivity contribution is 5.12. The minimum absolute atomic E-state index is 0.00377. The maximum absolute atomic E-state index is 6.00. The maximum Gasteiger partial charge on any atom is 0.0962 e. The molecule has 1 aliphatic carbocycles. The van der Waals surface area contributed by atoms with Crippen LogP contribution in [0.2, 0.25) is 0 Å². The van der Waals surface area contributed by atoms with E-state index >= 15 is 0 Å². The molecule has 3 heteroatoms. The van der Waals surface area contributed by atoms with Crippen molar-refractivity contribution in [1.29, 1.82) is 0 Å². The lowest BCUT2D eigenvalue weighted by Gasteiger charge is -2.28. The van der Waals surface area contributed by atoms with E-state index in [0.29, 0.717) is 12.5 Å². The number of nitrogens with two attached hydrogens (primary N) is 1. The lowest BCUT2D eigenvalue weighted by Crippen LogP contribution is -2.23. The van der Waals surface area contributed by atoms with Crippen LogP contribution < -0.4 is 5.73 Å². The van der Waals surface area contributed by atoms with Crippen molar-refractivity contribution in [3.05, 3.63) is 30.1 Å². The van der Waals surface area contributed by atoms with Gasteiger partial charge in [-0.05, 0) is 30.7 Å². The third kappa shape index (κ3) is 3.79. The average molecular weight is 248 g/mol. The van der Waals surface area contributed by atoms with Gasteiger partial charge in [0.15, 0.2) is 0 Å². The Hall–Kier alpha value is -0.930. The molecule has 1 fully saturated rings. The van der Waals surface area contributed by atoms with Crippen LogP contribution in [0.5, 0.6) is 0 Å². The van der Waals surface area contributed by atoms with Gasteiger partial charge in [0, 0.05) is 24.5 Å². The van der Waals surface area contributed by atoms with Crippen LogP contribution in [0.1, 0.15) is 44.3 Å². The zero-order chi connectivity index (χ0) is 12.8. The molecule has 0 radical (unpaired) electrons. The van der Waals surface area contributed by atoms with Crippen LogP contribution in [0.4, 0.5) is 0 Å². The first kappa shape index (κ1) is 13.5. The largest absolute Gasteiger partial charge is 0.372 e. The molecule has 1 heterocycles. The Labute approximate surface area is 110 Å². The summed E-state index contributed by atoms with van der Waals surface area (Å²) in [5.41, 5.74) is 6.88. The Morgan fingerprint density at radius 1 is 1.50 bits per heavy atom. The Kier molecular flexibility index (Phi) is 5.14. The first-order valence-corrected chi connectivity index (χ1v) is 7.01. The molecule has 0 spiro atoms. The third-order valence-electron chi connectivity index (χ3n) is 3.85. The van der Waals surface area contributed by atoms with Crippen LogP contribution in [0.25, 0.3) is 0 Å². The summed E-state index contributed by atoms with van der Waals surface area (Å²) in [5, 5.41) is 0. The Morgan fingerprint density at radius 2 is 2.39 bits per heavy atom. The molecule has 18 heavy (non-hydrogen) atoms. The minimum atomic E-state index is -0.00377. The summed E-state index contributed by atoms with van der Waals surface area (Å²) in [5.74, 6) is 1.56. The number of pyridine rings is 1. The zero-order valence-corrected chi connectivity index (χ0v) is 11.2. The van der Waals surface area contributed by atoms with Crippen molar-refractivity contribution < 1.29 is 4.74 Å². The van der Waals surface area contributed by atoms with Crippen molar-refractivity contribution in [2.45, 2.75) is 38.7 Å². The minimum Gasteiger partial charge on any atom is -0.372 e. The standard InChI is InChI=1S/C15H24N2O/c1-12-4-2-5-13(8-12)11-18-15(9-16)14-6-3-7-17-10-14/h3,6-7,10,12-13,15H,2,4-5,8-9,11,16H2,1H3. The predicted molar refractivity (Wildman–Crippen MR) is 73.1 cm³/mol. The number of hydrogen-bond donors (Lipinski definition) is 1. The Morgan fingerprint density at radius 3 is 3.06 bits per heavy atom. The molecular weight excluding hydrogens is 224 g/mol. The topological polar surface area (TPSA) is 48.1 Å². The van der Waals surface area contributed by atoms with E-state index in [0.717, 1.165) is 18.1 Å². The highest BCUT2D eigenvalue weighted by Crippen LogP contribution is 2.29. The van der Waals surface area contributed by atoms with Crippen molar-refractivity contribution in [3.63, 3.8) is 0 Å². The van der Waals surface area contributed by atoms with E-state index in [4.69, 9.17) is 10.5 Å². The molecule has 100 valence electrons. The smallest absolute Gasteiger partial charge is 0.0962 e. The van der Waals surface area contributed by atoms with Gasteiger partial charge in [-0.25, -0.2) is 0 Å². The third-order valence-corrected chi connectivity index (χ3v) is 3.85. The summed E-state index contributed by atoms with van der Waals surface area (Å²) in [4.78, 5) is 4.12. The van der Waals surface area contributed by atoms with Crippen LogP contribution >= 0.6 is 0 Å².